The Kier molecular flexibility index (Phi) is 2.55. The Hall–Kier alpha value is -1.10. The lowest BCUT2D eigenvalue weighted by Gasteiger charge is -2.15. The molecule has 16 heavy (non-hydrogen) atoms. The molecule has 1 amide bonds. The molecule has 1 atom stereocenters. The second-order valence-corrected chi connectivity index (χ2v) is 5.40. The molecule has 2 heterocycles. The molecule has 1 aromatic rings. The number of thiazole rings is 1. The summed E-state index contributed by atoms with van der Waals surface area (Å²) in [7, 11) is 0. The average molecular weight is 237 g/mol. The van der Waals surface area contributed by atoms with Crippen molar-refractivity contribution in [3.8, 4) is 0 Å². The molecule has 2 aliphatic rings. The van der Waals surface area contributed by atoms with E-state index in [1.54, 1.807) is 11.3 Å². The van der Waals surface area contributed by atoms with Crippen molar-refractivity contribution in [2.24, 2.45) is 5.92 Å². The number of carbonyl (C=O) groups excluding carboxylic acids is 1. The van der Waals surface area contributed by atoms with Gasteiger partial charge in [0.2, 0.25) is 5.91 Å². The molecule has 1 saturated carbocycles. The highest BCUT2D eigenvalue weighted by Gasteiger charge is 2.33. The van der Waals surface area contributed by atoms with Crippen LogP contribution in [-0.4, -0.2) is 30.0 Å². The van der Waals surface area contributed by atoms with Gasteiger partial charge in [0.05, 0.1) is 0 Å². The van der Waals surface area contributed by atoms with E-state index in [0.29, 0.717) is 12.0 Å². The minimum atomic E-state index is 0.256. The summed E-state index contributed by atoms with van der Waals surface area (Å²) < 4.78 is 0. The van der Waals surface area contributed by atoms with Crippen LogP contribution in [0, 0.1) is 5.92 Å². The molecular formula is C11H15N3OS. The predicted molar refractivity (Wildman–Crippen MR) is 63.6 cm³/mol. The Morgan fingerprint density at radius 1 is 1.50 bits per heavy atom. The Morgan fingerprint density at radius 2 is 2.38 bits per heavy atom. The smallest absolute Gasteiger partial charge is 0.223 e. The first-order valence-corrected chi connectivity index (χ1v) is 6.66. The number of hydrogen-bond donors (Lipinski definition) is 1. The Morgan fingerprint density at radius 3 is 3.06 bits per heavy atom. The molecule has 0 aromatic carbocycles. The van der Waals surface area contributed by atoms with Gasteiger partial charge in [-0.05, 0) is 19.3 Å². The van der Waals surface area contributed by atoms with Crippen LogP contribution in [0.3, 0.4) is 0 Å². The van der Waals surface area contributed by atoms with E-state index in [4.69, 9.17) is 0 Å². The van der Waals surface area contributed by atoms with Crippen molar-refractivity contribution < 1.29 is 4.79 Å². The van der Waals surface area contributed by atoms with Crippen LogP contribution in [0.15, 0.2) is 11.6 Å². The fraction of sp³-hybridized carbons (Fsp3) is 0.636. The van der Waals surface area contributed by atoms with Gasteiger partial charge in [-0.3, -0.25) is 4.79 Å². The number of hydrogen-bond acceptors (Lipinski definition) is 4. The third kappa shape index (κ3) is 2.04. The second-order valence-electron chi connectivity index (χ2n) is 4.53. The third-order valence-electron chi connectivity index (χ3n) is 3.17. The topological polar surface area (TPSA) is 45.2 Å². The fourth-order valence-electron chi connectivity index (χ4n) is 2.09. The molecule has 0 spiro atoms. The molecule has 1 saturated heterocycles. The molecule has 0 radical (unpaired) electrons. The lowest BCUT2D eigenvalue weighted by Crippen LogP contribution is -2.37. The highest BCUT2D eigenvalue weighted by atomic mass is 32.1. The first kappa shape index (κ1) is 10.1. The quantitative estimate of drug-likeness (QED) is 0.860. The van der Waals surface area contributed by atoms with Crippen LogP contribution in [0.1, 0.15) is 19.3 Å². The summed E-state index contributed by atoms with van der Waals surface area (Å²) >= 11 is 1.66. The Labute approximate surface area is 98.7 Å². The van der Waals surface area contributed by atoms with Gasteiger partial charge in [0.1, 0.15) is 0 Å². The summed E-state index contributed by atoms with van der Waals surface area (Å²) in [5.74, 6) is 0.569. The lowest BCUT2D eigenvalue weighted by atomic mass is 10.2. The van der Waals surface area contributed by atoms with Gasteiger partial charge in [-0.15, -0.1) is 11.3 Å². The van der Waals surface area contributed by atoms with Gasteiger partial charge in [-0.25, -0.2) is 4.98 Å². The van der Waals surface area contributed by atoms with Crippen molar-refractivity contribution in [2.45, 2.75) is 25.3 Å². The van der Waals surface area contributed by atoms with Crippen LogP contribution in [-0.2, 0) is 4.79 Å². The van der Waals surface area contributed by atoms with E-state index in [1.165, 1.54) is 0 Å². The van der Waals surface area contributed by atoms with Crippen molar-refractivity contribution in [2.75, 3.05) is 18.0 Å². The Balaban J connectivity index is 1.54. The Bertz CT molecular complexity index is 375. The molecule has 86 valence electrons. The standard InChI is InChI=1S/C11H15N3OS/c15-10(8-1-2-8)13-9-3-5-14(7-9)11-12-4-6-16-11/h4,6,8-9H,1-3,5,7H2,(H,13,15)/t9-/m0/s1. The van der Waals surface area contributed by atoms with Gasteiger partial charge >= 0.3 is 0 Å². The average Bonchev–Trinajstić information content (AvgIpc) is 2.80. The van der Waals surface area contributed by atoms with Gasteiger partial charge < -0.3 is 10.2 Å². The van der Waals surface area contributed by atoms with Crippen LogP contribution < -0.4 is 10.2 Å². The predicted octanol–water partition coefficient (Wildman–Crippen LogP) is 1.25. The van der Waals surface area contributed by atoms with E-state index in [1.807, 2.05) is 11.6 Å². The molecule has 4 nitrogen and oxygen atoms in total. The molecular weight excluding hydrogens is 222 g/mol. The summed E-state index contributed by atoms with van der Waals surface area (Å²) in [6.45, 7) is 1.91. The molecule has 1 aliphatic carbocycles. The van der Waals surface area contributed by atoms with Gasteiger partial charge in [-0.2, -0.15) is 0 Å². The highest BCUT2D eigenvalue weighted by molar-refractivity contribution is 7.13. The first-order chi connectivity index (χ1) is 7.83. The van der Waals surface area contributed by atoms with E-state index in [0.717, 1.165) is 37.5 Å². The number of carbonyl (C=O) groups is 1. The zero-order valence-corrected chi connectivity index (χ0v) is 9.87. The van der Waals surface area contributed by atoms with E-state index < -0.39 is 0 Å². The normalized spacial score (nSPS) is 24.8. The first-order valence-electron chi connectivity index (χ1n) is 5.78. The third-order valence-corrected chi connectivity index (χ3v) is 4.00. The molecule has 2 fully saturated rings. The van der Waals surface area contributed by atoms with Crippen LogP contribution in [0.25, 0.3) is 0 Å². The van der Waals surface area contributed by atoms with Crippen molar-refractivity contribution in [3.63, 3.8) is 0 Å². The molecule has 1 N–H and O–H groups in total. The monoisotopic (exact) mass is 237 g/mol. The fourth-order valence-corrected chi connectivity index (χ4v) is 2.77. The van der Waals surface area contributed by atoms with Gasteiger partial charge in [0, 0.05) is 36.6 Å². The summed E-state index contributed by atoms with van der Waals surface area (Å²) in [5, 5.41) is 6.19. The van der Waals surface area contributed by atoms with E-state index in [-0.39, 0.29) is 5.91 Å². The van der Waals surface area contributed by atoms with E-state index >= 15 is 0 Å². The maximum atomic E-state index is 11.6. The number of anilines is 1. The number of nitrogens with one attached hydrogen (secondary N) is 1. The SMILES string of the molecule is O=C(N[C@H]1CCN(c2nccs2)C1)C1CC1. The van der Waals surface area contributed by atoms with Gasteiger partial charge in [0.15, 0.2) is 5.13 Å². The van der Waals surface area contributed by atoms with Crippen LogP contribution in [0.2, 0.25) is 0 Å². The summed E-state index contributed by atoms with van der Waals surface area (Å²) in [6.07, 6.45) is 5.03. The summed E-state index contributed by atoms with van der Waals surface area (Å²) in [5.41, 5.74) is 0. The molecule has 0 unspecified atom stereocenters. The largest absolute Gasteiger partial charge is 0.351 e. The van der Waals surface area contributed by atoms with Crippen LogP contribution >= 0.6 is 11.3 Å². The highest BCUT2D eigenvalue weighted by Crippen LogP contribution is 2.29. The van der Waals surface area contributed by atoms with Gasteiger partial charge in [-0.1, -0.05) is 0 Å². The lowest BCUT2D eigenvalue weighted by molar-refractivity contribution is -0.122. The molecule has 3 rings (SSSR count). The minimum Gasteiger partial charge on any atom is -0.351 e. The van der Waals surface area contributed by atoms with E-state index in [9.17, 15) is 4.79 Å². The molecule has 5 heteroatoms. The van der Waals surface area contributed by atoms with E-state index in [2.05, 4.69) is 15.2 Å². The number of nitrogens with zero attached hydrogens (tertiary/aromatic N) is 2. The molecule has 1 aromatic heterocycles. The summed E-state index contributed by atoms with van der Waals surface area (Å²) in [4.78, 5) is 18.2. The zero-order chi connectivity index (χ0) is 11.0. The second kappa shape index (κ2) is 4.05. The van der Waals surface area contributed by atoms with Crippen molar-refractivity contribution in [3.05, 3.63) is 11.6 Å². The number of amides is 1. The summed E-state index contributed by atoms with van der Waals surface area (Å²) in [6, 6.07) is 0.317. The van der Waals surface area contributed by atoms with Crippen LogP contribution in [0.5, 0.6) is 0 Å². The molecule has 0 bridgehead atoms. The van der Waals surface area contributed by atoms with Crippen molar-refractivity contribution in [1.29, 1.82) is 0 Å². The van der Waals surface area contributed by atoms with Crippen molar-refractivity contribution >= 4 is 22.4 Å². The van der Waals surface area contributed by atoms with Crippen molar-refractivity contribution in [1.82, 2.24) is 10.3 Å². The maximum Gasteiger partial charge on any atom is 0.223 e. The van der Waals surface area contributed by atoms with Crippen LogP contribution in [0.4, 0.5) is 5.13 Å². The number of aromatic nitrogens is 1. The maximum absolute atomic E-state index is 11.6. The van der Waals surface area contributed by atoms with Gasteiger partial charge in [0.25, 0.3) is 0 Å². The molecule has 1 aliphatic heterocycles. The zero-order valence-electron chi connectivity index (χ0n) is 9.06. The number of rotatable bonds is 3. The minimum absolute atomic E-state index is 0.256.